The minimum Gasteiger partial charge on any atom is -0.539 e. The van der Waals surface area contributed by atoms with E-state index in [1.165, 1.54) is 18.2 Å². The van der Waals surface area contributed by atoms with E-state index in [0.29, 0.717) is 0 Å². The molecule has 1 aromatic carbocycles. The third-order valence-corrected chi connectivity index (χ3v) is 3.74. The molecule has 0 bridgehead atoms. The van der Waals surface area contributed by atoms with Gasteiger partial charge in [0.05, 0.1) is 0 Å². The molecule has 0 aromatic heterocycles. The van der Waals surface area contributed by atoms with Gasteiger partial charge in [-0.3, -0.25) is 0 Å². The normalized spacial score (nSPS) is 28.8. The van der Waals surface area contributed by atoms with Crippen LogP contribution in [0.15, 0.2) is 30.3 Å². The maximum atomic E-state index is 14.4. The molecule has 1 fully saturated rings. The molecule has 9 heteroatoms. The fraction of sp³-hybridized carbons (Fsp3) is 0.429. The summed E-state index contributed by atoms with van der Waals surface area (Å²) in [6, 6.07) is 5.73. The van der Waals surface area contributed by atoms with Crippen molar-refractivity contribution in [1.29, 1.82) is 0 Å². The van der Waals surface area contributed by atoms with Crippen molar-refractivity contribution in [2.45, 2.75) is 36.5 Å². The monoisotopic (exact) mass is 337 g/mol. The van der Waals surface area contributed by atoms with E-state index in [2.05, 4.69) is 4.74 Å². The molecule has 0 amide bonds. The van der Waals surface area contributed by atoms with Gasteiger partial charge in [0.25, 0.3) is 0 Å². The van der Waals surface area contributed by atoms with Gasteiger partial charge in [0.15, 0.2) is 12.1 Å². The molecule has 0 N–H and O–H groups in total. The van der Waals surface area contributed by atoms with Crippen LogP contribution in [-0.2, 0) is 19.9 Å². The van der Waals surface area contributed by atoms with Gasteiger partial charge in [0.2, 0.25) is 5.60 Å². The maximum absolute atomic E-state index is 14.4. The molecule has 0 radical (unpaired) electrons. The second-order valence-corrected chi connectivity index (χ2v) is 5.07. The average Bonchev–Trinajstić information content (AvgIpc) is 2.49. The maximum Gasteiger partial charge on any atom is 0.356 e. The second kappa shape index (κ2) is 5.47. The second-order valence-electron chi connectivity index (χ2n) is 5.07. The molecule has 2 unspecified atom stereocenters. The van der Waals surface area contributed by atoms with Gasteiger partial charge in [-0.1, -0.05) is 30.3 Å². The number of alkyl halides is 5. The number of carbonyl (C=O) groups is 2. The lowest BCUT2D eigenvalue weighted by Crippen LogP contribution is -2.65. The lowest BCUT2D eigenvalue weighted by molar-refractivity contribution is -0.344. The van der Waals surface area contributed by atoms with Crippen molar-refractivity contribution in [2.24, 2.45) is 0 Å². The van der Waals surface area contributed by atoms with E-state index in [1.807, 2.05) is 0 Å². The Balaban J connectivity index is 2.63. The zero-order chi connectivity index (χ0) is 17.5. The highest BCUT2D eigenvalue weighted by Crippen LogP contribution is 2.58. The fourth-order valence-electron chi connectivity index (χ4n) is 2.54. The first-order chi connectivity index (χ1) is 10.6. The van der Waals surface area contributed by atoms with Crippen molar-refractivity contribution in [3.05, 3.63) is 35.9 Å². The third kappa shape index (κ3) is 2.43. The van der Waals surface area contributed by atoms with Crippen molar-refractivity contribution < 1.29 is 41.4 Å². The summed E-state index contributed by atoms with van der Waals surface area (Å²) in [5.41, 5.74) is -3.87. The number of carboxylic acid groups (broad SMARTS) is 1. The summed E-state index contributed by atoms with van der Waals surface area (Å²) in [6.07, 6.45) is -5.21. The smallest absolute Gasteiger partial charge is 0.356 e. The Morgan fingerprint density at radius 1 is 1.13 bits per heavy atom. The molecule has 1 aliphatic rings. The molecule has 1 saturated carbocycles. The summed E-state index contributed by atoms with van der Waals surface area (Å²) < 4.78 is 73.8. The molecule has 2 atom stereocenters. The largest absolute Gasteiger partial charge is 0.539 e. The first-order valence-corrected chi connectivity index (χ1v) is 6.46. The summed E-state index contributed by atoms with van der Waals surface area (Å²) in [5.74, 6) is -15.0. The number of hydrogen-bond acceptors (Lipinski definition) is 4. The van der Waals surface area contributed by atoms with E-state index in [0.717, 1.165) is 12.1 Å². The fourth-order valence-corrected chi connectivity index (χ4v) is 2.54. The Morgan fingerprint density at radius 3 is 2.22 bits per heavy atom. The number of carbonyl (C=O) groups excluding carboxylic acids is 2. The Morgan fingerprint density at radius 2 is 1.70 bits per heavy atom. The van der Waals surface area contributed by atoms with Crippen molar-refractivity contribution in [3.8, 4) is 0 Å². The summed E-state index contributed by atoms with van der Waals surface area (Å²) in [4.78, 5) is 21.7. The van der Waals surface area contributed by atoms with E-state index in [1.54, 1.807) is 0 Å². The highest BCUT2D eigenvalue weighted by Gasteiger charge is 2.77. The molecule has 0 spiro atoms. The van der Waals surface area contributed by atoms with Crippen LogP contribution in [0.25, 0.3) is 0 Å². The Kier molecular flexibility index (Phi) is 4.08. The van der Waals surface area contributed by atoms with Gasteiger partial charge in [0.1, 0.15) is 0 Å². The van der Waals surface area contributed by atoms with E-state index in [4.69, 9.17) is 0 Å². The van der Waals surface area contributed by atoms with Crippen LogP contribution in [0.1, 0.15) is 18.4 Å². The average molecular weight is 337 g/mol. The molecule has 4 nitrogen and oxygen atoms in total. The molecule has 0 saturated heterocycles. The van der Waals surface area contributed by atoms with Gasteiger partial charge >= 0.3 is 17.8 Å². The van der Waals surface area contributed by atoms with Gasteiger partial charge in [-0.25, -0.2) is 9.18 Å². The number of esters is 1. The first-order valence-electron chi connectivity index (χ1n) is 6.46. The van der Waals surface area contributed by atoms with Crippen LogP contribution < -0.4 is 5.11 Å². The molecule has 2 rings (SSSR count). The number of aliphatic carboxylic acids is 1. The van der Waals surface area contributed by atoms with Crippen LogP contribution in [0.4, 0.5) is 22.0 Å². The van der Waals surface area contributed by atoms with Gasteiger partial charge in [0, 0.05) is 12.0 Å². The van der Waals surface area contributed by atoms with Crippen molar-refractivity contribution in [1.82, 2.24) is 0 Å². The lowest BCUT2D eigenvalue weighted by atomic mass is 9.73. The van der Waals surface area contributed by atoms with Crippen molar-refractivity contribution >= 4 is 11.9 Å². The molecule has 0 heterocycles. The van der Waals surface area contributed by atoms with Gasteiger partial charge in [-0.2, -0.15) is 17.6 Å². The minimum atomic E-state index is -5.16. The number of halogens is 5. The van der Waals surface area contributed by atoms with E-state index in [9.17, 15) is 36.6 Å². The van der Waals surface area contributed by atoms with Crippen LogP contribution >= 0.6 is 0 Å². The predicted octanol–water partition coefficient (Wildman–Crippen LogP) is 1.58. The van der Waals surface area contributed by atoms with Crippen molar-refractivity contribution in [2.75, 3.05) is 0 Å². The zero-order valence-electron chi connectivity index (χ0n) is 11.4. The van der Waals surface area contributed by atoms with Crippen molar-refractivity contribution in [3.63, 3.8) is 0 Å². The van der Waals surface area contributed by atoms with Gasteiger partial charge in [-0.15, -0.1) is 0 Å². The highest BCUT2D eigenvalue weighted by molar-refractivity contribution is 6.27. The van der Waals surface area contributed by atoms with E-state index < -0.39 is 54.0 Å². The van der Waals surface area contributed by atoms with Crippen LogP contribution in [0, 0.1) is 0 Å². The molecule has 0 aliphatic heterocycles. The van der Waals surface area contributed by atoms with Crippen LogP contribution in [-0.4, -0.2) is 30.0 Å². The number of rotatable bonds is 2. The standard InChI is InChI=1S/C14H11F5O4/c15-9-6-7-12(23-11(22)10(20)21,8-4-2-1-3-5-8)14(18,19)13(9,16)17/h1-5,9H,6-7H2,(H,20,21)/p-1. The highest BCUT2D eigenvalue weighted by atomic mass is 19.3. The Labute approximate surface area is 126 Å². The summed E-state index contributed by atoms with van der Waals surface area (Å²) in [6.45, 7) is 0. The number of benzene rings is 1. The third-order valence-electron chi connectivity index (χ3n) is 3.74. The molecule has 23 heavy (non-hydrogen) atoms. The predicted molar refractivity (Wildman–Crippen MR) is 63.2 cm³/mol. The molecular weight excluding hydrogens is 327 g/mol. The quantitative estimate of drug-likeness (QED) is 0.467. The molecule has 126 valence electrons. The van der Waals surface area contributed by atoms with Gasteiger partial charge < -0.3 is 14.6 Å². The summed E-state index contributed by atoms with van der Waals surface area (Å²) in [7, 11) is 0. The summed E-state index contributed by atoms with van der Waals surface area (Å²) in [5, 5.41) is 10.5. The zero-order valence-corrected chi connectivity index (χ0v) is 11.4. The van der Waals surface area contributed by atoms with E-state index in [-0.39, 0.29) is 0 Å². The SMILES string of the molecule is O=C([O-])C(=O)OC1(c2ccccc2)CCC(F)C(F)(F)C1(F)F. The lowest BCUT2D eigenvalue weighted by Gasteiger charge is -2.47. The van der Waals surface area contributed by atoms with Crippen LogP contribution in [0.2, 0.25) is 0 Å². The number of carboxylic acids is 1. The Bertz CT molecular complexity index is 619. The topological polar surface area (TPSA) is 66.4 Å². The van der Waals surface area contributed by atoms with Crippen LogP contribution in [0.5, 0.6) is 0 Å². The van der Waals surface area contributed by atoms with E-state index >= 15 is 0 Å². The number of hydrogen-bond donors (Lipinski definition) is 0. The summed E-state index contributed by atoms with van der Waals surface area (Å²) >= 11 is 0. The van der Waals surface area contributed by atoms with Gasteiger partial charge in [-0.05, 0) is 6.42 Å². The molecule has 1 aliphatic carbocycles. The first kappa shape index (κ1) is 17.2. The minimum absolute atomic E-state index is 0.564. The molecular formula is C14H10F5O4-. The number of ether oxygens (including phenoxy) is 1. The Hall–Kier alpha value is -2.19. The van der Waals surface area contributed by atoms with Crippen LogP contribution in [0.3, 0.4) is 0 Å². The molecule has 1 aromatic rings.